The van der Waals surface area contributed by atoms with Crippen molar-refractivity contribution in [3.63, 3.8) is 0 Å². The van der Waals surface area contributed by atoms with Crippen LogP contribution in [0.15, 0.2) is 52.7 Å². The number of hydrogen-bond acceptors (Lipinski definition) is 10. The quantitative estimate of drug-likeness (QED) is 0.621. The van der Waals surface area contributed by atoms with Crippen molar-refractivity contribution in [3.05, 3.63) is 42.8 Å². The number of nitrogens with one attached hydrogen (secondary N) is 2. The number of likely N-dealkylation sites (N-methyl/N-ethyl adjacent to an activating group) is 1. The van der Waals surface area contributed by atoms with Gasteiger partial charge in [-0.1, -0.05) is 0 Å². The van der Waals surface area contributed by atoms with Gasteiger partial charge in [-0.05, 0) is 45.1 Å². The van der Waals surface area contributed by atoms with Gasteiger partial charge in [-0.25, -0.2) is 5.01 Å². The Labute approximate surface area is 192 Å². The summed E-state index contributed by atoms with van der Waals surface area (Å²) in [7, 11) is 4.02. The normalized spacial score (nSPS) is 20.7. The van der Waals surface area contributed by atoms with E-state index in [9.17, 15) is 5.26 Å². The molecular weight excluding hydrogens is 420 g/mol. The van der Waals surface area contributed by atoms with E-state index >= 15 is 0 Å². The molecule has 2 aromatic rings. The lowest BCUT2D eigenvalue weighted by Gasteiger charge is -2.31. The van der Waals surface area contributed by atoms with Crippen molar-refractivity contribution in [2.45, 2.75) is 24.9 Å². The second-order valence-electron chi connectivity index (χ2n) is 8.42. The number of benzene rings is 1. The highest BCUT2D eigenvalue weighted by Crippen LogP contribution is 2.29. The first kappa shape index (κ1) is 21.0. The van der Waals surface area contributed by atoms with Gasteiger partial charge in [-0.3, -0.25) is 20.0 Å². The summed E-state index contributed by atoms with van der Waals surface area (Å²) in [5, 5.41) is 22.6. The minimum Gasteiger partial charge on any atom is -0.490 e. The van der Waals surface area contributed by atoms with E-state index in [1.54, 1.807) is 17.7 Å². The second-order valence-corrected chi connectivity index (χ2v) is 8.42. The molecule has 5 rings (SSSR count). The number of aliphatic imine (C=N–C) groups is 2. The number of nitriles is 1. The number of anilines is 1. The SMILES string of the molecule is CN(C)CCOc1ccc(NC2=CC(=NC3CC3)C3=NCC(C#N)N3N2)cc1-n1cnnc1. The van der Waals surface area contributed by atoms with Gasteiger partial charge in [0.2, 0.25) is 0 Å². The fraction of sp³-hybridized carbons (Fsp3) is 0.409. The molecule has 0 radical (unpaired) electrons. The Morgan fingerprint density at radius 1 is 1.30 bits per heavy atom. The van der Waals surface area contributed by atoms with Crippen molar-refractivity contribution in [1.82, 2.24) is 30.1 Å². The van der Waals surface area contributed by atoms with E-state index in [1.807, 2.05) is 42.9 Å². The Balaban J connectivity index is 1.41. The summed E-state index contributed by atoms with van der Waals surface area (Å²) in [5.41, 5.74) is 5.76. The highest BCUT2D eigenvalue weighted by molar-refractivity contribution is 6.46. The van der Waals surface area contributed by atoms with Gasteiger partial charge in [0.05, 0.1) is 24.3 Å². The van der Waals surface area contributed by atoms with Crippen molar-refractivity contribution >= 4 is 17.2 Å². The number of hydrogen-bond donors (Lipinski definition) is 2. The van der Waals surface area contributed by atoms with Crippen molar-refractivity contribution in [3.8, 4) is 17.5 Å². The molecule has 1 fully saturated rings. The molecule has 11 heteroatoms. The van der Waals surface area contributed by atoms with Gasteiger partial charge in [0, 0.05) is 18.3 Å². The summed E-state index contributed by atoms with van der Waals surface area (Å²) in [6.07, 6.45) is 7.43. The number of fused-ring (bicyclic) bond motifs is 1. The number of rotatable bonds is 8. The van der Waals surface area contributed by atoms with Crippen LogP contribution in [0.5, 0.6) is 5.75 Å². The smallest absolute Gasteiger partial charge is 0.169 e. The van der Waals surface area contributed by atoms with Crippen LogP contribution in [0.2, 0.25) is 0 Å². The summed E-state index contributed by atoms with van der Waals surface area (Å²) in [6.45, 7) is 1.80. The molecule has 0 bridgehead atoms. The number of aromatic nitrogens is 3. The largest absolute Gasteiger partial charge is 0.490 e. The molecule has 11 nitrogen and oxygen atoms in total. The Bertz CT molecular complexity index is 1140. The summed E-state index contributed by atoms with van der Waals surface area (Å²) >= 11 is 0. The van der Waals surface area contributed by atoms with Gasteiger partial charge in [-0.2, -0.15) is 5.26 Å². The number of amidine groups is 1. The summed E-state index contributed by atoms with van der Waals surface area (Å²) in [5.74, 6) is 2.20. The van der Waals surface area contributed by atoms with Crippen LogP contribution in [-0.2, 0) is 0 Å². The Hall–Kier alpha value is -3.91. The molecule has 1 saturated carbocycles. The third kappa shape index (κ3) is 4.65. The maximum atomic E-state index is 9.52. The zero-order valence-electron chi connectivity index (χ0n) is 18.6. The zero-order chi connectivity index (χ0) is 22.8. The molecule has 1 unspecified atom stereocenters. The fourth-order valence-corrected chi connectivity index (χ4v) is 3.57. The molecule has 3 heterocycles. The molecule has 0 spiro atoms. The Kier molecular flexibility index (Phi) is 5.66. The lowest BCUT2D eigenvalue weighted by Crippen LogP contribution is -2.52. The van der Waals surface area contributed by atoms with Gasteiger partial charge in [-0.15, -0.1) is 10.2 Å². The van der Waals surface area contributed by atoms with Crippen LogP contribution in [0, 0.1) is 11.3 Å². The predicted octanol–water partition coefficient (Wildman–Crippen LogP) is 1.19. The van der Waals surface area contributed by atoms with Crippen molar-refractivity contribution in [1.29, 1.82) is 5.26 Å². The zero-order valence-corrected chi connectivity index (χ0v) is 18.6. The third-order valence-electron chi connectivity index (χ3n) is 5.45. The van der Waals surface area contributed by atoms with Crippen LogP contribution < -0.4 is 15.5 Å². The average Bonchev–Trinajstić information content (AvgIpc) is 3.28. The minimum absolute atomic E-state index is 0.347. The molecule has 170 valence electrons. The van der Waals surface area contributed by atoms with E-state index < -0.39 is 0 Å². The van der Waals surface area contributed by atoms with Gasteiger partial charge in [0.15, 0.2) is 11.9 Å². The highest BCUT2D eigenvalue weighted by atomic mass is 16.5. The van der Waals surface area contributed by atoms with Gasteiger partial charge >= 0.3 is 0 Å². The molecule has 0 amide bonds. The molecule has 1 aliphatic carbocycles. The standard InChI is InChI=1S/C22H26N10O/c1-30(2)7-8-33-20-6-5-16(9-19(20)31-13-25-26-14-31)28-21-10-18(27-15-3-4-15)22-24-12-17(11-23)32(22)29-21/h5-6,9-10,13-15,17,28-29H,3-4,7-8,12H2,1-2H3. The second kappa shape index (κ2) is 8.91. The fourth-order valence-electron chi connectivity index (χ4n) is 3.57. The first-order valence-corrected chi connectivity index (χ1v) is 10.9. The monoisotopic (exact) mass is 446 g/mol. The first-order valence-electron chi connectivity index (χ1n) is 10.9. The van der Waals surface area contributed by atoms with E-state index in [0.29, 0.717) is 19.2 Å². The number of hydrazine groups is 1. The van der Waals surface area contributed by atoms with Crippen LogP contribution in [0.1, 0.15) is 12.8 Å². The lowest BCUT2D eigenvalue weighted by atomic mass is 10.2. The van der Waals surface area contributed by atoms with Crippen molar-refractivity contribution in [2.75, 3.05) is 39.1 Å². The van der Waals surface area contributed by atoms with Crippen LogP contribution >= 0.6 is 0 Å². The van der Waals surface area contributed by atoms with Gasteiger partial charge in [0.25, 0.3) is 0 Å². The summed E-state index contributed by atoms with van der Waals surface area (Å²) in [6, 6.07) is 8.14. The van der Waals surface area contributed by atoms with E-state index in [-0.39, 0.29) is 6.04 Å². The molecule has 3 aliphatic rings. The van der Waals surface area contributed by atoms with Crippen LogP contribution in [0.3, 0.4) is 0 Å². The molecule has 1 atom stereocenters. The number of nitrogens with zero attached hydrogens (tertiary/aromatic N) is 8. The van der Waals surface area contributed by atoms with Crippen LogP contribution in [0.25, 0.3) is 5.69 Å². The Morgan fingerprint density at radius 2 is 2.12 bits per heavy atom. The van der Waals surface area contributed by atoms with Gasteiger partial charge in [0.1, 0.15) is 36.5 Å². The van der Waals surface area contributed by atoms with Crippen LogP contribution in [-0.4, -0.2) is 82.1 Å². The van der Waals surface area contributed by atoms with E-state index in [0.717, 1.165) is 53.9 Å². The van der Waals surface area contributed by atoms with Crippen molar-refractivity contribution in [2.24, 2.45) is 9.98 Å². The summed E-state index contributed by atoms with van der Waals surface area (Å²) in [4.78, 5) is 11.4. The van der Waals surface area contributed by atoms with Crippen molar-refractivity contribution < 1.29 is 4.74 Å². The lowest BCUT2D eigenvalue weighted by molar-refractivity contribution is 0.261. The molecule has 33 heavy (non-hydrogen) atoms. The maximum absolute atomic E-state index is 9.52. The van der Waals surface area contributed by atoms with Gasteiger partial charge < -0.3 is 15.0 Å². The average molecular weight is 447 g/mol. The highest BCUT2D eigenvalue weighted by Gasteiger charge is 2.35. The topological polar surface area (TPSA) is 119 Å². The minimum atomic E-state index is -0.366. The molecule has 2 aliphatic heterocycles. The molecular formula is C22H26N10O. The molecule has 1 aromatic heterocycles. The van der Waals surface area contributed by atoms with E-state index in [1.165, 1.54) is 0 Å². The maximum Gasteiger partial charge on any atom is 0.169 e. The molecule has 1 aromatic carbocycles. The van der Waals surface area contributed by atoms with Crippen LogP contribution in [0.4, 0.5) is 5.69 Å². The third-order valence-corrected chi connectivity index (χ3v) is 5.45. The predicted molar refractivity (Wildman–Crippen MR) is 124 cm³/mol. The Morgan fingerprint density at radius 3 is 2.85 bits per heavy atom. The molecule has 2 N–H and O–H groups in total. The van der Waals surface area contributed by atoms with E-state index in [4.69, 9.17) is 9.73 Å². The van der Waals surface area contributed by atoms with E-state index in [2.05, 4.69) is 36.9 Å². The summed E-state index contributed by atoms with van der Waals surface area (Å²) < 4.78 is 7.83. The first-order chi connectivity index (χ1) is 16.1. The molecule has 0 saturated heterocycles. The number of ether oxygens (including phenoxy) is 1.